The Hall–Kier alpha value is -1.12. The molecule has 120 valence electrons. The lowest BCUT2D eigenvalue weighted by molar-refractivity contribution is 0.114. The van der Waals surface area contributed by atoms with Gasteiger partial charge < -0.3 is 18.3 Å². The fraction of sp³-hybridized carbons (Fsp3) is 0.400. The fourth-order valence-electron chi connectivity index (χ4n) is 2.37. The molecule has 7 heteroatoms. The van der Waals surface area contributed by atoms with Crippen molar-refractivity contribution in [1.82, 2.24) is 9.97 Å². The van der Waals surface area contributed by atoms with Crippen molar-refractivity contribution in [3.8, 4) is 0 Å². The van der Waals surface area contributed by atoms with Gasteiger partial charge in [0, 0.05) is 39.5 Å². The number of benzene rings is 1. The van der Waals surface area contributed by atoms with Crippen molar-refractivity contribution in [3.05, 3.63) is 47.8 Å². The highest BCUT2D eigenvalue weighted by Crippen LogP contribution is 2.29. The van der Waals surface area contributed by atoms with Gasteiger partial charge in [-0.05, 0) is 11.1 Å². The van der Waals surface area contributed by atoms with Gasteiger partial charge in [-0.15, -0.1) is 0 Å². The van der Waals surface area contributed by atoms with E-state index in [9.17, 15) is 0 Å². The van der Waals surface area contributed by atoms with Crippen LogP contribution in [0.3, 0.4) is 0 Å². The number of aromatic nitrogens is 2. The zero-order chi connectivity index (χ0) is 16.0. The third-order valence-electron chi connectivity index (χ3n) is 3.71. The summed E-state index contributed by atoms with van der Waals surface area (Å²) in [7, 11) is 2.27. The topological polar surface area (TPSA) is 56.4 Å². The number of hydrogen-bond acceptors (Lipinski definition) is 5. The Kier molecular flexibility index (Phi) is 6.22. The van der Waals surface area contributed by atoms with Crippen LogP contribution in [0.1, 0.15) is 23.6 Å². The first-order chi connectivity index (χ1) is 10.6. The SMILES string of the molecule is CO[Si](OC)(OC)C(C)c1ccc(CSc2ncc[nH]2)cc1. The zero-order valence-corrected chi connectivity index (χ0v) is 15.1. The second kappa shape index (κ2) is 7.93. The third-order valence-corrected chi connectivity index (χ3v) is 7.79. The number of rotatable bonds is 8. The number of aromatic amines is 1. The van der Waals surface area contributed by atoms with Crippen LogP contribution in [0.15, 0.2) is 41.8 Å². The molecule has 1 aromatic carbocycles. The Balaban J connectivity index is 2.04. The fourth-order valence-corrected chi connectivity index (χ4v) is 5.31. The van der Waals surface area contributed by atoms with E-state index in [1.54, 1.807) is 39.3 Å². The normalized spacial score (nSPS) is 13.3. The largest absolute Gasteiger partial charge is 0.507 e. The number of thioether (sulfide) groups is 1. The maximum atomic E-state index is 5.56. The minimum absolute atomic E-state index is 0.0827. The summed E-state index contributed by atoms with van der Waals surface area (Å²) in [6.45, 7) is 2.08. The lowest BCUT2D eigenvalue weighted by Gasteiger charge is -2.30. The lowest BCUT2D eigenvalue weighted by Crippen LogP contribution is -2.48. The maximum absolute atomic E-state index is 5.56. The average molecular weight is 339 g/mol. The van der Waals surface area contributed by atoms with E-state index in [0.717, 1.165) is 16.5 Å². The molecule has 0 spiro atoms. The molecule has 1 heterocycles. The summed E-state index contributed by atoms with van der Waals surface area (Å²) in [5.41, 5.74) is 2.49. The second-order valence-electron chi connectivity index (χ2n) is 4.86. The van der Waals surface area contributed by atoms with Gasteiger partial charge >= 0.3 is 8.80 Å². The van der Waals surface area contributed by atoms with E-state index in [2.05, 4.69) is 41.2 Å². The molecule has 22 heavy (non-hydrogen) atoms. The van der Waals surface area contributed by atoms with Crippen LogP contribution >= 0.6 is 11.8 Å². The van der Waals surface area contributed by atoms with Crippen molar-refractivity contribution in [1.29, 1.82) is 0 Å². The highest BCUT2D eigenvalue weighted by molar-refractivity contribution is 7.98. The van der Waals surface area contributed by atoms with Gasteiger partial charge in [0.2, 0.25) is 0 Å². The first-order valence-corrected chi connectivity index (χ1v) is 9.80. The molecule has 5 nitrogen and oxygen atoms in total. The van der Waals surface area contributed by atoms with Crippen LogP contribution in [-0.2, 0) is 19.0 Å². The van der Waals surface area contributed by atoms with Crippen molar-refractivity contribution in [2.75, 3.05) is 21.3 Å². The molecule has 0 aliphatic heterocycles. The lowest BCUT2D eigenvalue weighted by atomic mass is 10.1. The van der Waals surface area contributed by atoms with Gasteiger partial charge in [0.15, 0.2) is 5.16 Å². The Bertz CT molecular complexity index is 550. The molecule has 0 aliphatic carbocycles. The van der Waals surface area contributed by atoms with E-state index in [-0.39, 0.29) is 5.54 Å². The molecule has 2 rings (SSSR count). The molecule has 1 aromatic heterocycles. The summed E-state index contributed by atoms with van der Waals surface area (Å²) in [5.74, 6) is 0.879. The van der Waals surface area contributed by atoms with E-state index in [4.69, 9.17) is 13.3 Å². The van der Waals surface area contributed by atoms with Crippen molar-refractivity contribution in [3.63, 3.8) is 0 Å². The smallest absolute Gasteiger partial charge is 0.376 e. The average Bonchev–Trinajstić information content (AvgIpc) is 3.09. The van der Waals surface area contributed by atoms with Crippen LogP contribution in [0, 0.1) is 0 Å². The molecule has 2 aromatic rings. The first kappa shape index (κ1) is 17.2. The predicted molar refractivity (Wildman–Crippen MR) is 89.8 cm³/mol. The van der Waals surface area contributed by atoms with Gasteiger partial charge in [0.25, 0.3) is 0 Å². The Morgan fingerprint density at radius 1 is 1.14 bits per heavy atom. The summed E-state index contributed by atoms with van der Waals surface area (Å²) in [4.78, 5) is 7.29. The summed E-state index contributed by atoms with van der Waals surface area (Å²) in [6.07, 6.45) is 3.59. The standard InChI is InChI=1S/C15H22N2O3SSi/c1-12(22(18-2,19-3)20-4)14-7-5-13(6-8-14)11-21-15-16-9-10-17-15/h5-10,12H,11H2,1-4H3,(H,16,17). The van der Waals surface area contributed by atoms with Gasteiger partial charge in [0.05, 0.1) is 5.54 Å². The van der Waals surface area contributed by atoms with Gasteiger partial charge in [-0.25, -0.2) is 4.98 Å². The van der Waals surface area contributed by atoms with Crippen molar-refractivity contribution in [2.24, 2.45) is 0 Å². The highest BCUT2D eigenvalue weighted by Gasteiger charge is 2.45. The first-order valence-electron chi connectivity index (χ1n) is 7.01. The summed E-state index contributed by atoms with van der Waals surface area (Å²) < 4.78 is 16.7. The molecule has 0 fully saturated rings. The van der Waals surface area contributed by atoms with E-state index in [0.29, 0.717) is 0 Å². The van der Waals surface area contributed by atoms with Crippen LogP contribution in [0.5, 0.6) is 0 Å². The van der Waals surface area contributed by atoms with E-state index < -0.39 is 8.80 Å². The molecular formula is C15H22N2O3SSi. The van der Waals surface area contributed by atoms with Crippen LogP contribution in [0.2, 0.25) is 0 Å². The quantitative estimate of drug-likeness (QED) is 0.591. The second-order valence-corrected chi connectivity index (χ2v) is 9.12. The Morgan fingerprint density at radius 2 is 1.77 bits per heavy atom. The molecule has 0 saturated carbocycles. The van der Waals surface area contributed by atoms with Crippen molar-refractivity contribution >= 4 is 20.6 Å². The van der Waals surface area contributed by atoms with Crippen LogP contribution < -0.4 is 0 Å². The molecule has 0 amide bonds. The monoisotopic (exact) mass is 338 g/mol. The molecule has 1 unspecified atom stereocenters. The Morgan fingerprint density at radius 3 is 2.27 bits per heavy atom. The Labute approximate surface area is 136 Å². The summed E-state index contributed by atoms with van der Waals surface area (Å²) in [6, 6.07) is 8.48. The van der Waals surface area contributed by atoms with Crippen LogP contribution in [-0.4, -0.2) is 40.1 Å². The zero-order valence-electron chi connectivity index (χ0n) is 13.3. The van der Waals surface area contributed by atoms with Gasteiger partial charge in [0.1, 0.15) is 0 Å². The van der Waals surface area contributed by atoms with Gasteiger partial charge in [-0.2, -0.15) is 0 Å². The number of hydrogen-bond donors (Lipinski definition) is 1. The van der Waals surface area contributed by atoms with E-state index in [1.165, 1.54) is 5.56 Å². The molecule has 1 atom stereocenters. The minimum atomic E-state index is -2.66. The van der Waals surface area contributed by atoms with E-state index >= 15 is 0 Å². The molecule has 0 bridgehead atoms. The van der Waals surface area contributed by atoms with Gasteiger partial charge in [-0.3, -0.25) is 0 Å². The summed E-state index contributed by atoms with van der Waals surface area (Å²) >= 11 is 1.68. The molecule has 0 radical (unpaired) electrons. The van der Waals surface area contributed by atoms with Crippen molar-refractivity contribution in [2.45, 2.75) is 23.4 Å². The molecule has 1 N–H and O–H groups in total. The molecule has 0 aliphatic rings. The molecule has 0 saturated heterocycles. The van der Waals surface area contributed by atoms with Crippen LogP contribution in [0.4, 0.5) is 0 Å². The number of imidazole rings is 1. The molecular weight excluding hydrogens is 316 g/mol. The highest BCUT2D eigenvalue weighted by atomic mass is 32.2. The number of nitrogens with one attached hydrogen (secondary N) is 1. The van der Waals surface area contributed by atoms with Gasteiger partial charge in [-0.1, -0.05) is 43.0 Å². The predicted octanol–water partition coefficient (Wildman–Crippen LogP) is 3.22. The number of nitrogens with zero attached hydrogens (tertiary/aromatic N) is 1. The number of H-pyrrole nitrogens is 1. The van der Waals surface area contributed by atoms with Crippen LogP contribution in [0.25, 0.3) is 0 Å². The minimum Gasteiger partial charge on any atom is -0.376 e. The van der Waals surface area contributed by atoms with E-state index in [1.807, 2.05) is 6.20 Å². The summed E-state index contributed by atoms with van der Waals surface area (Å²) in [5, 5.41) is 0.932. The van der Waals surface area contributed by atoms with Crippen molar-refractivity contribution < 1.29 is 13.3 Å². The maximum Gasteiger partial charge on any atom is 0.507 e. The third kappa shape index (κ3) is 3.79.